The number of rotatable bonds is 3. The highest BCUT2D eigenvalue weighted by Gasteiger charge is 2.25. The van der Waals surface area contributed by atoms with Gasteiger partial charge in [0.25, 0.3) is 7.37 Å². The first-order valence-electron chi connectivity index (χ1n) is 4.30. The van der Waals surface area contributed by atoms with Crippen LogP contribution in [0.15, 0.2) is 42.3 Å². The van der Waals surface area contributed by atoms with Crippen LogP contribution in [0.3, 0.4) is 0 Å². The van der Waals surface area contributed by atoms with E-state index in [2.05, 4.69) is 11.9 Å². The van der Waals surface area contributed by atoms with Crippen molar-refractivity contribution in [2.24, 2.45) is 0 Å². The van der Waals surface area contributed by atoms with Crippen molar-refractivity contribution in [2.75, 3.05) is 0 Å². The molecule has 0 spiro atoms. The minimum Gasteiger partial charge on any atom is -0.337 e. The lowest BCUT2D eigenvalue weighted by atomic mass is 10.4. The van der Waals surface area contributed by atoms with Gasteiger partial charge in [-0.1, -0.05) is 24.8 Å². The highest BCUT2D eigenvalue weighted by Crippen LogP contribution is 2.45. The Labute approximate surface area is 88.1 Å². The fourth-order valence-corrected chi connectivity index (χ4v) is 2.26. The number of nitrogens with one attached hydrogen (secondary N) is 1. The molecular weight excluding hydrogens is 213 g/mol. The first-order chi connectivity index (χ1) is 6.94. The molecule has 1 aromatic rings. The molecule has 0 saturated carbocycles. The van der Waals surface area contributed by atoms with Crippen molar-refractivity contribution >= 4 is 18.6 Å². The van der Waals surface area contributed by atoms with Crippen LogP contribution in [0, 0.1) is 0 Å². The van der Waals surface area contributed by atoms with Gasteiger partial charge in [0.15, 0.2) is 0 Å². The molecule has 0 radical (unpaired) electrons. The molecule has 1 rings (SSSR count). The van der Waals surface area contributed by atoms with Gasteiger partial charge in [0.05, 0.1) is 0 Å². The molecule has 2 N–H and O–H groups in total. The van der Waals surface area contributed by atoms with Crippen LogP contribution in [0.2, 0.25) is 0 Å². The van der Waals surface area contributed by atoms with E-state index in [0.29, 0.717) is 0 Å². The minimum absolute atomic E-state index is 0.166. The molecule has 0 saturated heterocycles. The van der Waals surface area contributed by atoms with Crippen molar-refractivity contribution in [3.63, 3.8) is 0 Å². The molecule has 4 nitrogen and oxygen atoms in total. The summed E-state index contributed by atoms with van der Waals surface area (Å²) in [6, 6.07) is 8.09. The molecule has 0 bridgehead atoms. The van der Waals surface area contributed by atoms with Crippen molar-refractivity contribution in [3.05, 3.63) is 42.3 Å². The van der Waals surface area contributed by atoms with Crippen molar-refractivity contribution < 1.29 is 14.3 Å². The number of hydrogen-bond donors (Lipinski definition) is 2. The van der Waals surface area contributed by atoms with E-state index in [1.807, 2.05) is 0 Å². The van der Waals surface area contributed by atoms with E-state index in [-0.39, 0.29) is 10.7 Å². The number of carbonyl (C=O) groups excluding carboxylic acids is 1. The van der Waals surface area contributed by atoms with Crippen LogP contribution in [0.1, 0.15) is 6.92 Å². The van der Waals surface area contributed by atoms with Crippen molar-refractivity contribution in [3.8, 4) is 0 Å². The maximum Gasteiger partial charge on any atom is 0.273 e. The Morgan fingerprint density at radius 2 is 1.93 bits per heavy atom. The Bertz CT molecular complexity index is 428. The molecule has 0 aliphatic rings. The first kappa shape index (κ1) is 11.7. The molecule has 15 heavy (non-hydrogen) atoms. The summed E-state index contributed by atoms with van der Waals surface area (Å²) in [6.07, 6.45) is 0. The Morgan fingerprint density at radius 1 is 1.40 bits per heavy atom. The molecule has 0 aliphatic heterocycles. The molecule has 1 amide bonds. The molecule has 0 aromatic heterocycles. The van der Waals surface area contributed by atoms with Gasteiger partial charge in [-0.2, -0.15) is 0 Å². The standard InChI is InChI=1S/C10H12NO3P/c1-8(12)11-9(2)15(13,14)10-6-4-3-5-7-10/h3-7H,2H2,1H3,(H,11,12)(H,13,14). The third-order valence-corrected chi connectivity index (χ3v) is 3.63. The summed E-state index contributed by atoms with van der Waals surface area (Å²) in [5.74, 6) is -0.412. The van der Waals surface area contributed by atoms with Crippen LogP contribution in [0.25, 0.3) is 0 Å². The third kappa shape index (κ3) is 2.78. The van der Waals surface area contributed by atoms with Crippen LogP contribution in [-0.2, 0) is 9.36 Å². The Balaban J connectivity index is 2.98. The average Bonchev–Trinajstić information content (AvgIpc) is 2.18. The van der Waals surface area contributed by atoms with Gasteiger partial charge in [-0.15, -0.1) is 0 Å². The molecule has 5 heteroatoms. The molecule has 0 heterocycles. The summed E-state index contributed by atoms with van der Waals surface area (Å²) >= 11 is 0. The van der Waals surface area contributed by atoms with Gasteiger partial charge >= 0.3 is 0 Å². The summed E-state index contributed by atoms with van der Waals surface area (Å²) in [6.45, 7) is 4.66. The molecule has 80 valence electrons. The number of carbonyl (C=O) groups is 1. The minimum atomic E-state index is -3.72. The van der Waals surface area contributed by atoms with Gasteiger partial charge in [-0.25, -0.2) is 0 Å². The molecule has 1 unspecified atom stereocenters. The van der Waals surface area contributed by atoms with E-state index in [4.69, 9.17) is 0 Å². The quantitative estimate of drug-likeness (QED) is 0.759. The normalized spacial score (nSPS) is 14.0. The lowest BCUT2D eigenvalue weighted by Crippen LogP contribution is -2.21. The zero-order chi connectivity index (χ0) is 11.5. The molecule has 1 atom stereocenters. The van der Waals surface area contributed by atoms with Crippen LogP contribution in [0.5, 0.6) is 0 Å². The Kier molecular flexibility index (Phi) is 3.45. The third-order valence-electron chi connectivity index (χ3n) is 1.79. The maximum atomic E-state index is 11.9. The summed E-state index contributed by atoms with van der Waals surface area (Å²) < 4.78 is 11.9. The highest BCUT2D eigenvalue weighted by atomic mass is 31.2. The predicted octanol–water partition coefficient (Wildman–Crippen LogP) is 1.19. The Hall–Kier alpha value is -1.38. The number of benzene rings is 1. The van der Waals surface area contributed by atoms with Crippen molar-refractivity contribution in [1.82, 2.24) is 5.32 Å². The van der Waals surface area contributed by atoms with Crippen LogP contribution < -0.4 is 10.6 Å². The fourth-order valence-electron chi connectivity index (χ4n) is 1.06. The molecule has 0 aliphatic carbocycles. The van der Waals surface area contributed by atoms with E-state index in [1.54, 1.807) is 18.2 Å². The average molecular weight is 225 g/mol. The number of hydrogen-bond acceptors (Lipinski definition) is 2. The van der Waals surface area contributed by atoms with Gasteiger partial charge in [-0.3, -0.25) is 9.36 Å². The lowest BCUT2D eigenvalue weighted by Gasteiger charge is -2.14. The monoisotopic (exact) mass is 225 g/mol. The second-order valence-corrected chi connectivity index (χ2v) is 5.25. The second kappa shape index (κ2) is 4.43. The molecule has 0 fully saturated rings. The molecular formula is C10H12NO3P. The van der Waals surface area contributed by atoms with Gasteiger partial charge < -0.3 is 10.2 Å². The van der Waals surface area contributed by atoms with E-state index < -0.39 is 13.3 Å². The van der Waals surface area contributed by atoms with Crippen molar-refractivity contribution in [1.29, 1.82) is 0 Å². The second-order valence-electron chi connectivity index (χ2n) is 3.04. The smallest absolute Gasteiger partial charge is 0.273 e. The van der Waals surface area contributed by atoms with Gasteiger partial charge in [0, 0.05) is 12.2 Å². The van der Waals surface area contributed by atoms with E-state index in [1.165, 1.54) is 19.1 Å². The first-order valence-corrected chi connectivity index (χ1v) is 5.96. The zero-order valence-electron chi connectivity index (χ0n) is 8.30. The largest absolute Gasteiger partial charge is 0.337 e. The lowest BCUT2D eigenvalue weighted by molar-refractivity contribution is -0.118. The van der Waals surface area contributed by atoms with Crippen LogP contribution in [0.4, 0.5) is 0 Å². The summed E-state index contributed by atoms with van der Waals surface area (Å²) in [4.78, 5) is 20.5. The van der Waals surface area contributed by atoms with E-state index >= 15 is 0 Å². The number of amides is 1. The van der Waals surface area contributed by atoms with Crippen molar-refractivity contribution in [2.45, 2.75) is 6.92 Å². The Morgan fingerprint density at radius 3 is 2.40 bits per heavy atom. The highest BCUT2D eigenvalue weighted by molar-refractivity contribution is 7.70. The van der Waals surface area contributed by atoms with Crippen LogP contribution >= 0.6 is 7.37 Å². The van der Waals surface area contributed by atoms with Gasteiger partial charge in [0.1, 0.15) is 5.44 Å². The zero-order valence-corrected chi connectivity index (χ0v) is 9.20. The summed E-state index contributed by atoms with van der Waals surface area (Å²) in [5.41, 5.74) is -0.166. The summed E-state index contributed by atoms with van der Waals surface area (Å²) in [5, 5.41) is 2.49. The van der Waals surface area contributed by atoms with E-state index in [9.17, 15) is 14.3 Å². The van der Waals surface area contributed by atoms with Gasteiger partial charge in [-0.05, 0) is 12.1 Å². The fraction of sp³-hybridized carbons (Fsp3) is 0.100. The SMILES string of the molecule is C=C(NC(C)=O)P(=O)(O)c1ccccc1. The van der Waals surface area contributed by atoms with E-state index in [0.717, 1.165) is 0 Å². The van der Waals surface area contributed by atoms with Crippen LogP contribution in [-0.4, -0.2) is 10.8 Å². The van der Waals surface area contributed by atoms with Gasteiger partial charge in [0.2, 0.25) is 5.91 Å². The summed E-state index contributed by atoms with van der Waals surface area (Å²) in [7, 11) is -3.72. The predicted molar refractivity (Wildman–Crippen MR) is 58.9 cm³/mol. The molecule has 1 aromatic carbocycles. The topological polar surface area (TPSA) is 66.4 Å². The maximum absolute atomic E-state index is 11.9.